The van der Waals surface area contributed by atoms with Crippen LogP contribution in [0, 0.1) is 5.41 Å². The summed E-state index contributed by atoms with van der Waals surface area (Å²) in [4.78, 5) is 29.7. The van der Waals surface area contributed by atoms with Crippen molar-refractivity contribution in [2.45, 2.75) is 71.9 Å². The van der Waals surface area contributed by atoms with Crippen LogP contribution < -0.4 is 5.32 Å². The van der Waals surface area contributed by atoms with Crippen molar-refractivity contribution in [2.24, 2.45) is 5.41 Å². The molecular formula is C24H37N3O2. The quantitative estimate of drug-likeness (QED) is 0.763. The molecule has 1 atom stereocenters. The van der Waals surface area contributed by atoms with Crippen LogP contribution in [-0.4, -0.2) is 53.8 Å². The lowest BCUT2D eigenvalue weighted by Crippen LogP contribution is -2.49. The van der Waals surface area contributed by atoms with Gasteiger partial charge in [-0.3, -0.25) is 9.59 Å². The Morgan fingerprint density at radius 3 is 2.48 bits per heavy atom. The minimum atomic E-state index is -0.245. The molecule has 2 heterocycles. The minimum Gasteiger partial charge on any atom is -0.354 e. The van der Waals surface area contributed by atoms with Crippen molar-refractivity contribution in [2.75, 3.05) is 26.2 Å². The lowest BCUT2D eigenvalue weighted by molar-refractivity contribution is -0.146. The molecule has 0 bridgehead atoms. The van der Waals surface area contributed by atoms with Crippen LogP contribution in [0.5, 0.6) is 0 Å². The van der Waals surface area contributed by atoms with Gasteiger partial charge in [0.1, 0.15) is 0 Å². The van der Waals surface area contributed by atoms with Crippen LogP contribution in [0.15, 0.2) is 24.3 Å². The van der Waals surface area contributed by atoms with Gasteiger partial charge in [0.25, 0.3) is 0 Å². The Morgan fingerprint density at radius 1 is 1.10 bits per heavy atom. The molecule has 1 N–H and O–H groups in total. The van der Waals surface area contributed by atoms with Gasteiger partial charge in [-0.15, -0.1) is 0 Å². The average molecular weight is 400 g/mol. The third-order valence-corrected chi connectivity index (χ3v) is 6.38. The molecule has 1 aromatic carbocycles. The van der Waals surface area contributed by atoms with Crippen LogP contribution in [0.4, 0.5) is 0 Å². The van der Waals surface area contributed by atoms with Crippen LogP contribution >= 0.6 is 0 Å². The van der Waals surface area contributed by atoms with E-state index < -0.39 is 0 Å². The summed E-state index contributed by atoms with van der Waals surface area (Å²) in [6, 6.07) is 8.87. The first-order valence-corrected chi connectivity index (χ1v) is 11.2. The molecule has 1 unspecified atom stereocenters. The Hall–Kier alpha value is -1.88. The van der Waals surface area contributed by atoms with Crippen molar-refractivity contribution in [3.05, 3.63) is 35.4 Å². The second-order valence-electron chi connectivity index (χ2n) is 9.51. The number of likely N-dealkylation sites (tertiary alicyclic amines) is 2. The third kappa shape index (κ3) is 5.39. The molecule has 0 aromatic heterocycles. The third-order valence-electron chi connectivity index (χ3n) is 6.38. The Balaban J connectivity index is 1.57. The monoisotopic (exact) mass is 399 g/mol. The highest BCUT2D eigenvalue weighted by Crippen LogP contribution is 2.40. The molecule has 2 aliphatic rings. The van der Waals surface area contributed by atoms with Crippen LogP contribution in [0.3, 0.4) is 0 Å². The lowest BCUT2D eigenvalue weighted by Gasteiger charge is -2.39. The molecule has 1 spiro atoms. The highest BCUT2D eigenvalue weighted by molar-refractivity contribution is 5.84. The predicted octanol–water partition coefficient (Wildman–Crippen LogP) is 3.54. The van der Waals surface area contributed by atoms with Gasteiger partial charge in [-0.2, -0.15) is 0 Å². The Morgan fingerprint density at radius 2 is 1.83 bits per heavy atom. The van der Waals surface area contributed by atoms with Gasteiger partial charge >= 0.3 is 0 Å². The van der Waals surface area contributed by atoms with E-state index in [1.165, 1.54) is 11.1 Å². The first-order valence-electron chi connectivity index (χ1n) is 11.2. The largest absolute Gasteiger partial charge is 0.354 e. The van der Waals surface area contributed by atoms with Crippen molar-refractivity contribution in [1.29, 1.82) is 0 Å². The summed E-state index contributed by atoms with van der Waals surface area (Å²) < 4.78 is 0. The zero-order valence-corrected chi connectivity index (χ0v) is 18.5. The maximum Gasteiger partial charge on any atom is 0.230 e. The molecule has 2 saturated heterocycles. The maximum absolute atomic E-state index is 13.4. The second-order valence-corrected chi connectivity index (χ2v) is 9.51. The van der Waals surface area contributed by atoms with E-state index in [-0.39, 0.29) is 17.4 Å². The number of nitrogens with one attached hydrogen (secondary N) is 1. The molecule has 2 amide bonds. The van der Waals surface area contributed by atoms with E-state index in [2.05, 4.69) is 53.2 Å². The van der Waals surface area contributed by atoms with Gasteiger partial charge in [-0.25, -0.2) is 0 Å². The normalized spacial score (nSPS) is 22.8. The molecule has 0 radical (unpaired) electrons. The van der Waals surface area contributed by atoms with Gasteiger partial charge in [0, 0.05) is 38.6 Å². The summed E-state index contributed by atoms with van der Waals surface area (Å²) in [7, 11) is 0. The number of rotatable bonds is 7. The van der Waals surface area contributed by atoms with Crippen molar-refractivity contribution >= 4 is 11.8 Å². The van der Waals surface area contributed by atoms with Crippen molar-refractivity contribution in [3.63, 3.8) is 0 Å². The van der Waals surface area contributed by atoms with Crippen LogP contribution in [0.2, 0.25) is 0 Å². The van der Waals surface area contributed by atoms with Gasteiger partial charge in [0.15, 0.2) is 0 Å². The second kappa shape index (κ2) is 9.29. The van der Waals surface area contributed by atoms with Crippen molar-refractivity contribution in [3.8, 4) is 0 Å². The molecule has 5 heteroatoms. The van der Waals surface area contributed by atoms with E-state index in [9.17, 15) is 9.59 Å². The van der Waals surface area contributed by atoms with Gasteiger partial charge in [0.2, 0.25) is 11.8 Å². The van der Waals surface area contributed by atoms with Gasteiger partial charge in [-0.05, 0) is 56.7 Å². The summed E-state index contributed by atoms with van der Waals surface area (Å²) in [5.41, 5.74) is 2.30. The van der Waals surface area contributed by atoms with Gasteiger partial charge in [0.05, 0.1) is 5.41 Å². The first-order chi connectivity index (χ1) is 13.8. The summed E-state index contributed by atoms with van der Waals surface area (Å²) in [6.45, 7) is 12.4. The summed E-state index contributed by atoms with van der Waals surface area (Å²) in [6.07, 6.45) is 3.47. The van der Waals surface area contributed by atoms with E-state index in [0.717, 1.165) is 45.4 Å². The molecule has 2 fully saturated rings. The molecule has 0 aliphatic carbocycles. The SMILES string of the molecule is CC(C)NC(=O)CCN1CCC2(CCCN(Cc3ccc(C(C)C)cc3)C2=O)C1. The number of carbonyl (C=O) groups is 2. The first kappa shape index (κ1) is 21.8. The van der Waals surface area contributed by atoms with E-state index >= 15 is 0 Å². The van der Waals surface area contributed by atoms with E-state index in [4.69, 9.17) is 0 Å². The minimum absolute atomic E-state index is 0.0994. The number of hydrogen-bond donors (Lipinski definition) is 1. The fourth-order valence-electron chi connectivity index (χ4n) is 4.71. The van der Waals surface area contributed by atoms with Crippen LogP contribution in [-0.2, 0) is 16.1 Å². The number of benzene rings is 1. The Kier molecular flexibility index (Phi) is 6.99. The molecule has 0 saturated carbocycles. The molecule has 29 heavy (non-hydrogen) atoms. The van der Waals surface area contributed by atoms with E-state index in [1.54, 1.807) is 0 Å². The molecule has 1 aromatic rings. The fourth-order valence-corrected chi connectivity index (χ4v) is 4.71. The molecule has 3 rings (SSSR count). The van der Waals surface area contributed by atoms with Crippen LogP contribution in [0.1, 0.15) is 70.4 Å². The molecular weight excluding hydrogens is 362 g/mol. The molecule has 5 nitrogen and oxygen atoms in total. The number of carbonyl (C=O) groups excluding carboxylic acids is 2. The van der Waals surface area contributed by atoms with E-state index in [0.29, 0.717) is 24.8 Å². The Bertz CT molecular complexity index is 713. The van der Waals surface area contributed by atoms with E-state index in [1.807, 2.05) is 13.8 Å². The molecule has 160 valence electrons. The number of piperidine rings is 1. The highest BCUT2D eigenvalue weighted by atomic mass is 16.2. The molecule has 2 aliphatic heterocycles. The number of hydrogen-bond acceptors (Lipinski definition) is 3. The van der Waals surface area contributed by atoms with Crippen molar-refractivity contribution < 1.29 is 9.59 Å². The highest BCUT2D eigenvalue weighted by Gasteiger charge is 2.48. The topological polar surface area (TPSA) is 52.7 Å². The number of amides is 2. The Labute approximate surface area is 175 Å². The smallest absolute Gasteiger partial charge is 0.230 e. The summed E-state index contributed by atoms with van der Waals surface area (Å²) in [5.74, 6) is 0.934. The number of nitrogens with zero attached hydrogens (tertiary/aromatic N) is 2. The van der Waals surface area contributed by atoms with Crippen LogP contribution in [0.25, 0.3) is 0 Å². The predicted molar refractivity (Wildman–Crippen MR) is 117 cm³/mol. The van der Waals surface area contributed by atoms with Gasteiger partial charge < -0.3 is 15.1 Å². The standard InChI is InChI=1S/C24H37N3O2/c1-18(2)21-8-6-20(7-9-21)16-27-13-5-11-24(23(27)29)12-15-26(17-24)14-10-22(28)25-19(3)4/h6-9,18-19H,5,10-17H2,1-4H3,(H,25,28). The maximum atomic E-state index is 13.4. The summed E-state index contributed by atoms with van der Waals surface area (Å²) >= 11 is 0. The fraction of sp³-hybridized carbons (Fsp3) is 0.667. The zero-order chi connectivity index (χ0) is 21.0. The van der Waals surface area contributed by atoms with Crippen molar-refractivity contribution in [1.82, 2.24) is 15.1 Å². The zero-order valence-electron chi connectivity index (χ0n) is 18.5. The average Bonchev–Trinajstić information content (AvgIpc) is 3.08. The van der Waals surface area contributed by atoms with Gasteiger partial charge in [-0.1, -0.05) is 38.1 Å². The summed E-state index contributed by atoms with van der Waals surface area (Å²) in [5, 5.41) is 2.95. The lowest BCUT2D eigenvalue weighted by atomic mass is 9.78.